The van der Waals surface area contributed by atoms with Gasteiger partial charge in [-0.3, -0.25) is 15.1 Å². The number of piperidine rings is 1. The summed E-state index contributed by atoms with van der Waals surface area (Å²) >= 11 is 1.56. The number of thiazole rings is 1. The second-order valence-electron chi connectivity index (χ2n) is 6.36. The van der Waals surface area contributed by atoms with Gasteiger partial charge in [-0.25, -0.2) is 4.98 Å². The molecule has 3 aromatic rings. The van der Waals surface area contributed by atoms with Crippen molar-refractivity contribution in [3.63, 3.8) is 0 Å². The first kappa shape index (κ1) is 20.3. The van der Waals surface area contributed by atoms with Gasteiger partial charge in [0.2, 0.25) is 0 Å². The van der Waals surface area contributed by atoms with Gasteiger partial charge in [0.05, 0.1) is 6.20 Å². The number of hydrogen-bond acceptors (Lipinski definition) is 6. The average Bonchev–Trinajstić information content (AvgIpc) is 3.18. The van der Waals surface area contributed by atoms with Crippen LogP contribution in [-0.4, -0.2) is 29.0 Å². The average molecular weight is 417 g/mol. The Bertz CT molecular complexity index is 896. The molecule has 6 nitrogen and oxygen atoms in total. The van der Waals surface area contributed by atoms with Crippen LogP contribution in [0.1, 0.15) is 34.0 Å². The quantitative estimate of drug-likeness (QED) is 0.641. The van der Waals surface area contributed by atoms with Crippen LogP contribution in [0.3, 0.4) is 0 Å². The number of nitrogens with one attached hydrogen (secondary N) is 2. The summed E-state index contributed by atoms with van der Waals surface area (Å²) in [5, 5.41) is 6.90. The molecule has 1 amide bonds. The van der Waals surface area contributed by atoms with E-state index in [9.17, 15) is 4.79 Å². The fourth-order valence-corrected chi connectivity index (χ4v) is 4.01. The number of nitrogens with zero attached hydrogens (tertiary/aromatic N) is 2. The van der Waals surface area contributed by atoms with E-state index in [-0.39, 0.29) is 18.3 Å². The molecule has 28 heavy (non-hydrogen) atoms. The van der Waals surface area contributed by atoms with Crippen LogP contribution in [0, 0.1) is 0 Å². The first-order chi connectivity index (χ1) is 13.3. The Morgan fingerprint density at radius 2 is 1.89 bits per heavy atom. The molecule has 0 atom stereocenters. The summed E-state index contributed by atoms with van der Waals surface area (Å²) in [5.74, 6) is 1.68. The van der Waals surface area contributed by atoms with Crippen LogP contribution >= 0.6 is 23.7 Å². The third-order valence-electron chi connectivity index (χ3n) is 4.47. The molecule has 4 rings (SSSR count). The maximum Gasteiger partial charge on any atom is 0.257 e. The van der Waals surface area contributed by atoms with Crippen LogP contribution in [0.2, 0.25) is 0 Å². The summed E-state index contributed by atoms with van der Waals surface area (Å²) in [4.78, 5) is 22.1. The molecule has 0 bridgehead atoms. The van der Waals surface area contributed by atoms with Gasteiger partial charge in [0.1, 0.15) is 11.5 Å². The Hall–Kier alpha value is -2.48. The first-order valence-corrected chi connectivity index (χ1v) is 9.75. The Morgan fingerprint density at radius 3 is 2.61 bits per heavy atom. The van der Waals surface area contributed by atoms with Gasteiger partial charge in [0.25, 0.3) is 5.91 Å². The number of amides is 1. The molecule has 2 aromatic heterocycles. The van der Waals surface area contributed by atoms with Crippen LogP contribution in [-0.2, 0) is 0 Å². The maximum absolute atomic E-state index is 12.5. The summed E-state index contributed by atoms with van der Waals surface area (Å²) in [7, 11) is 0. The Labute approximate surface area is 173 Å². The van der Waals surface area contributed by atoms with Gasteiger partial charge in [0.15, 0.2) is 5.13 Å². The van der Waals surface area contributed by atoms with Crippen molar-refractivity contribution in [3.05, 3.63) is 65.4 Å². The summed E-state index contributed by atoms with van der Waals surface area (Å²) in [5.41, 5.74) is 0.562. The first-order valence-electron chi connectivity index (χ1n) is 8.94. The third-order valence-corrected chi connectivity index (χ3v) is 5.55. The van der Waals surface area contributed by atoms with Crippen molar-refractivity contribution < 1.29 is 9.53 Å². The van der Waals surface area contributed by atoms with Gasteiger partial charge in [-0.1, -0.05) is 0 Å². The van der Waals surface area contributed by atoms with Gasteiger partial charge in [-0.2, -0.15) is 0 Å². The highest BCUT2D eigenvalue weighted by atomic mass is 35.5. The van der Waals surface area contributed by atoms with E-state index >= 15 is 0 Å². The smallest absolute Gasteiger partial charge is 0.257 e. The van der Waals surface area contributed by atoms with Crippen molar-refractivity contribution in [2.24, 2.45) is 0 Å². The highest BCUT2D eigenvalue weighted by Gasteiger charge is 2.18. The molecule has 2 N–H and O–H groups in total. The van der Waals surface area contributed by atoms with Gasteiger partial charge >= 0.3 is 0 Å². The number of benzene rings is 1. The molecule has 146 valence electrons. The van der Waals surface area contributed by atoms with E-state index in [4.69, 9.17) is 4.74 Å². The lowest BCUT2D eigenvalue weighted by molar-refractivity contribution is 0.102. The molecule has 0 radical (unpaired) electrons. The van der Waals surface area contributed by atoms with E-state index in [1.807, 2.05) is 18.3 Å². The van der Waals surface area contributed by atoms with Crippen molar-refractivity contribution in [2.45, 2.75) is 18.8 Å². The summed E-state index contributed by atoms with van der Waals surface area (Å²) in [6, 6.07) is 10.7. The van der Waals surface area contributed by atoms with E-state index in [1.54, 1.807) is 48.0 Å². The fraction of sp³-hybridized carbons (Fsp3) is 0.250. The number of carbonyl (C=O) groups excluding carboxylic acids is 1. The number of ether oxygens (including phenoxy) is 1. The fourth-order valence-electron chi connectivity index (χ4n) is 3.03. The van der Waals surface area contributed by atoms with Crippen LogP contribution in [0.4, 0.5) is 5.13 Å². The predicted molar refractivity (Wildman–Crippen MR) is 113 cm³/mol. The van der Waals surface area contributed by atoms with Gasteiger partial charge in [-0.05, 0) is 68.2 Å². The monoisotopic (exact) mass is 416 g/mol. The molecule has 1 saturated heterocycles. The number of carbonyl (C=O) groups is 1. The van der Waals surface area contributed by atoms with Crippen molar-refractivity contribution in [1.82, 2.24) is 15.3 Å². The number of pyridine rings is 1. The molecule has 1 fully saturated rings. The topological polar surface area (TPSA) is 76.1 Å². The number of anilines is 1. The minimum Gasteiger partial charge on any atom is -0.456 e. The molecule has 3 heterocycles. The maximum atomic E-state index is 12.5. The lowest BCUT2D eigenvalue weighted by Gasteiger charge is -2.20. The second-order valence-corrected chi connectivity index (χ2v) is 7.42. The lowest BCUT2D eigenvalue weighted by atomic mass is 9.97. The van der Waals surface area contributed by atoms with Crippen molar-refractivity contribution in [2.75, 3.05) is 18.4 Å². The van der Waals surface area contributed by atoms with E-state index in [1.165, 1.54) is 4.88 Å². The molecule has 1 aromatic carbocycles. The Balaban J connectivity index is 0.00000225. The van der Waals surface area contributed by atoms with Gasteiger partial charge in [0, 0.05) is 22.8 Å². The third kappa shape index (κ3) is 5.07. The van der Waals surface area contributed by atoms with Crippen molar-refractivity contribution in [3.8, 4) is 11.5 Å². The predicted octanol–water partition coefficient (Wildman–Crippen LogP) is 4.47. The number of halogens is 1. The molecule has 0 saturated carbocycles. The largest absolute Gasteiger partial charge is 0.456 e. The zero-order chi connectivity index (χ0) is 18.5. The molecule has 1 aliphatic heterocycles. The van der Waals surface area contributed by atoms with Crippen molar-refractivity contribution >= 4 is 34.8 Å². The molecule has 1 aliphatic rings. The van der Waals surface area contributed by atoms with Crippen LogP contribution in [0.25, 0.3) is 0 Å². The van der Waals surface area contributed by atoms with Crippen LogP contribution < -0.4 is 15.4 Å². The van der Waals surface area contributed by atoms with Crippen LogP contribution in [0.15, 0.2) is 55.0 Å². The zero-order valence-corrected chi connectivity index (χ0v) is 16.8. The molecule has 0 spiro atoms. The summed E-state index contributed by atoms with van der Waals surface area (Å²) in [6.45, 7) is 2.08. The number of rotatable bonds is 5. The van der Waals surface area contributed by atoms with Crippen LogP contribution in [0.5, 0.6) is 11.5 Å². The van der Waals surface area contributed by atoms with E-state index < -0.39 is 0 Å². The summed E-state index contributed by atoms with van der Waals surface area (Å²) in [6.07, 6.45) is 7.46. The van der Waals surface area contributed by atoms with Crippen molar-refractivity contribution in [1.29, 1.82) is 0 Å². The normalized spacial score (nSPS) is 14.1. The zero-order valence-electron chi connectivity index (χ0n) is 15.1. The van der Waals surface area contributed by atoms with E-state index in [2.05, 4.69) is 20.6 Å². The molecule has 0 aliphatic carbocycles. The standard InChI is InChI=1S/C20H20N4O2S.ClH/c25-19(24-20-23-13-18(27-20)14-7-10-21-11-8-14)15-3-5-16(6-4-15)26-17-2-1-9-22-12-17;/h1-6,9,12-14,21H,7-8,10-11H2,(H,23,24,25);1H. The number of hydrogen-bond donors (Lipinski definition) is 2. The Morgan fingerprint density at radius 1 is 1.11 bits per heavy atom. The van der Waals surface area contributed by atoms with Gasteiger partial charge < -0.3 is 10.1 Å². The van der Waals surface area contributed by atoms with E-state index in [0.717, 1.165) is 25.9 Å². The number of aromatic nitrogens is 2. The highest BCUT2D eigenvalue weighted by Crippen LogP contribution is 2.32. The molecular weight excluding hydrogens is 396 g/mol. The molecular formula is C20H21ClN4O2S. The molecule has 0 unspecified atom stereocenters. The minimum absolute atomic E-state index is 0. The van der Waals surface area contributed by atoms with Gasteiger partial charge in [-0.15, -0.1) is 23.7 Å². The minimum atomic E-state index is -0.172. The molecule has 8 heteroatoms. The SMILES string of the molecule is Cl.O=C(Nc1ncc(C2CCNCC2)s1)c1ccc(Oc2cccnc2)cc1. The Kier molecular flexibility index (Phi) is 6.97. The van der Waals surface area contributed by atoms with E-state index in [0.29, 0.717) is 28.1 Å². The lowest BCUT2D eigenvalue weighted by Crippen LogP contribution is -2.26. The summed E-state index contributed by atoms with van der Waals surface area (Å²) < 4.78 is 5.69. The second kappa shape index (κ2) is 9.64. The highest BCUT2D eigenvalue weighted by molar-refractivity contribution is 7.15.